The molecule has 2 aliphatic rings. The Kier molecular flexibility index (Phi) is 6.82. The maximum absolute atomic E-state index is 12.9. The monoisotopic (exact) mass is 461 g/mol. The Hall–Kier alpha value is -2.52. The van der Waals surface area contributed by atoms with Gasteiger partial charge in [0.25, 0.3) is 11.8 Å². The van der Waals surface area contributed by atoms with Crippen molar-refractivity contribution < 1.29 is 14.4 Å². The number of anilines is 1. The zero-order valence-corrected chi connectivity index (χ0v) is 18.5. The second kappa shape index (κ2) is 9.74. The molecule has 3 amide bonds. The molecule has 1 saturated carbocycles. The molecule has 10 heteroatoms. The third-order valence-electron chi connectivity index (χ3n) is 5.67. The Morgan fingerprint density at radius 3 is 2.61 bits per heavy atom. The summed E-state index contributed by atoms with van der Waals surface area (Å²) in [6.07, 6.45) is 5.91. The second-order valence-electron chi connectivity index (χ2n) is 7.96. The third kappa shape index (κ3) is 5.40. The van der Waals surface area contributed by atoms with E-state index in [-0.39, 0.29) is 33.8 Å². The summed E-state index contributed by atoms with van der Waals surface area (Å²) in [4.78, 5) is 39.6. The Bertz CT molecular complexity index is 975. The van der Waals surface area contributed by atoms with Gasteiger partial charge in [-0.3, -0.25) is 14.4 Å². The maximum atomic E-state index is 12.9. The largest absolute Gasteiger partial charge is 0.353 e. The van der Waals surface area contributed by atoms with Crippen LogP contribution in [0, 0.1) is 5.92 Å². The first-order valence-corrected chi connectivity index (χ1v) is 11.7. The van der Waals surface area contributed by atoms with Crippen molar-refractivity contribution in [1.82, 2.24) is 20.4 Å². The molecule has 4 rings (SSSR count). The van der Waals surface area contributed by atoms with E-state index in [9.17, 15) is 14.4 Å². The fraction of sp³-hybridized carbons (Fsp3) is 0.476. The van der Waals surface area contributed by atoms with Crippen LogP contribution in [0.5, 0.6) is 0 Å². The Balaban J connectivity index is 1.36. The summed E-state index contributed by atoms with van der Waals surface area (Å²) in [6, 6.07) is 7.03. The van der Waals surface area contributed by atoms with Crippen LogP contribution in [0.15, 0.2) is 24.3 Å². The number of amides is 3. The van der Waals surface area contributed by atoms with Crippen LogP contribution in [0.25, 0.3) is 0 Å². The van der Waals surface area contributed by atoms with E-state index in [1.807, 2.05) is 0 Å². The molecule has 1 aromatic heterocycles. The number of likely N-dealkylation sites (tertiary alicyclic amines) is 1. The molecule has 0 spiro atoms. The van der Waals surface area contributed by atoms with Crippen molar-refractivity contribution >= 4 is 46.3 Å². The van der Waals surface area contributed by atoms with Crippen molar-refractivity contribution in [2.45, 2.75) is 44.6 Å². The number of hydrogen-bond acceptors (Lipinski definition) is 6. The topological polar surface area (TPSA) is 104 Å². The fourth-order valence-corrected chi connectivity index (χ4v) is 4.95. The molecule has 2 aromatic rings. The lowest BCUT2D eigenvalue weighted by molar-refractivity contribution is -0.127. The zero-order chi connectivity index (χ0) is 21.8. The lowest BCUT2D eigenvalue weighted by atomic mass is 9.96. The molecular weight excluding hydrogens is 438 g/mol. The predicted octanol–water partition coefficient (Wildman–Crippen LogP) is 3.35. The number of benzene rings is 1. The minimum atomic E-state index is -0.453. The van der Waals surface area contributed by atoms with Gasteiger partial charge < -0.3 is 15.5 Å². The summed E-state index contributed by atoms with van der Waals surface area (Å²) in [5.41, 5.74) is 0.535. The van der Waals surface area contributed by atoms with E-state index in [1.54, 1.807) is 29.2 Å². The molecule has 0 unspecified atom stereocenters. The lowest BCUT2D eigenvalue weighted by Gasteiger charge is -2.32. The van der Waals surface area contributed by atoms with Gasteiger partial charge in [0.05, 0.1) is 5.92 Å². The first-order valence-electron chi connectivity index (χ1n) is 10.5. The fourth-order valence-electron chi connectivity index (χ4n) is 4.05. The molecule has 0 bridgehead atoms. The number of carbonyl (C=O) groups excluding carboxylic acids is 3. The molecule has 2 N–H and O–H groups in total. The van der Waals surface area contributed by atoms with Crippen LogP contribution in [-0.2, 0) is 4.79 Å². The third-order valence-corrected chi connectivity index (χ3v) is 6.81. The first-order chi connectivity index (χ1) is 15.0. The van der Waals surface area contributed by atoms with Crippen LogP contribution >= 0.6 is 22.9 Å². The Morgan fingerprint density at radius 1 is 1.06 bits per heavy atom. The van der Waals surface area contributed by atoms with E-state index >= 15 is 0 Å². The summed E-state index contributed by atoms with van der Waals surface area (Å²) < 4.78 is 0. The van der Waals surface area contributed by atoms with Crippen molar-refractivity contribution in [2.24, 2.45) is 5.92 Å². The molecule has 1 aliphatic heterocycles. The normalized spacial score (nSPS) is 19.3. The van der Waals surface area contributed by atoms with E-state index < -0.39 is 5.91 Å². The van der Waals surface area contributed by atoms with Crippen molar-refractivity contribution in [1.29, 1.82) is 0 Å². The van der Waals surface area contributed by atoms with E-state index in [2.05, 4.69) is 20.8 Å². The number of aromatic nitrogens is 2. The number of rotatable bonds is 5. The van der Waals surface area contributed by atoms with Crippen LogP contribution in [0.3, 0.4) is 0 Å². The summed E-state index contributed by atoms with van der Waals surface area (Å²) in [6.45, 7) is 0.927. The molecule has 164 valence electrons. The van der Waals surface area contributed by atoms with E-state index in [0.29, 0.717) is 23.8 Å². The number of nitrogens with one attached hydrogen (secondary N) is 2. The highest BCUT2D eigenvalue weighted by atomic mass is 35.5. The summed E-state index contributed by atoms with van der Waals surface area (Å²) in [5, 5.41) is 14.3. The van der Waals surface area contributed by atoms with Crippen molar-refractivity contribution in [2.75, 3.05) is 18.4 Å². The molecular formula is C21H24ClN5O3S. The Labute approximate surface area is 189 Å². The van der Waals surface area contributed by atoms with E-state index in [0.717, 1.165) is 49.9 Å². The second-order valence-corrected chi connectivity index (χ2v) is 9.37. The molecule has 2 heterocycles. The number of nitrogens with zero attached hydrogens (tertiary/aromatic N) is 3. The number of hydrogen-bond donors (Lipinski definition) is 2. The molecule has 1 aliphatic carbocycles. The molecule has 1 aromatic carbocycles. The smallest absolute Gasteiger partial charge is 0.286 e. The Morgan fingerprint density at radius 2 is 1.84 bits per heavy atom. The highest BCUT2D eigenvalue weighted by Crippen LogP contribution is 2.23. The predicted molar refractivity (Wildman–Crippen MR) is 118 cm³/mol. The van der Waals surface area contributed by atoms with E-state index in [4.69, 9.17) is 11.6 Å². The van der Waals surface area contributed by atoms with Crippen molar-refractivity contribution in [3.8, 4) is 0 Å². The van der Waals surface area contributed by atoms with Gasteiger partial charge in [-0.25, -0.2) is 0 Å². The summed E-state index contributed by atoms with van der Waals surface area (Å²) >= 11 is 6.87. The van der Waals surface area contributed by atoms with Gasteiger partial charge >= 0.3 is 0 Å². The van der Waals surface area contributed by atoms with Crippen LogP contribution in [0.2, 0.25) is 5.02 Å². The zero-order valence-electron chi connectivity index (χ0n) is 17.0. The van der Waals surface area contributed by atoms with Crippen molar-refractivity contribution in [3.05, 3.63) is 39.3 Å². The quantitative estimate of drug-likeness (QED) is 0.710. The molecule has 31 heavy (non-hydrogen) atoms. The summed E-state index contributed by atoms with van der Waals surface area (Å²) in [5.74, 6) is -0.927. The highest BCUT2D eigenvalue weighted by Gasteiger charge is 2.32. The van der Waals surface area contributed by atoms with Crippen LogP contribution in [0.4, 0.5) is 5.69 Å². The van der Waals surface area contributed by atoms with Crippen LogP contribution in [-0.4, -0.2) is 52.0 Å². The minimum absolute atomic E-state index is 0.0308. The van der Waals surface area contributed by atoms with Gasteiger partial charge in [-0.1, -0.05) is 41.8 Å². The average Bonchev–Trinajstić information content (AvgIpc) is 3.46. The van der Waals surface area contributed by atoms with Crippen molar-refractivity contribution in [3.63, 3.8) is 0 Å². The van der Waals surface area contributed by atoms with Crippen LogP contribution < -0.4 is 10.6 Å². The lowest BCUT2D eigenvalue weighted by Crippen LogP contribution is -2.47. The van der Waals surface area contributed by atoms with Gasteiger partial charge in [-0.2, -0.15) is 0 Å². The van der Waals surface area contributed by atoms with Gasteiger partial charge in [0, 0.05) is 29.8 Å². The van der Waals surface area contributed by atoms with Gasteiger partial charge in [-0.05, 0) is 43.9 Å². The van der Waals surface area contributed by atoms with Gasteiger partial charge in [0.2, 0.25) is 15.9 Å². The molecule has 1 atom stereocenters. The van der Waals surface area contributed by atoms with Gasteiger partial charge in [0.1, 0.15) is 0 Å². The minimum Gasteiger partial charge on any atom is -0.353 e. The average molecular weight is 462 g/mol. The van der Waals surface area contributed by atoms with Gasteiger partial charge in [-0.15, -0.1) is 10.2 Å². The maximum Gasteiger partial charge on any atom is 0.286 e. The number of carbonyl (C=O) groups is 3. The first kappa shape index (κ1) is 21.7. The molecule has 1 saturated heterocycles. The highest BCUT2D eigenvalue weighted by molar-refractivity contribution is 7.15. The standard InChI is InChI=1S/C21H24ClN5O3S/c22-14-6-3-9-16(11-14)24-18(29)19-25-26-20(31-19)21(30)27-10-4-5-13(12-27)17(28)23-15-7-1-2-8-15/h3,6,9,11,13,15H,1-2,4-5,7-8,10,12H2,(H,23,28)(H,24,29)/t13-/m1/s1. The molecule has 2 fully saturated rings. The molecule has 8 nitrogen and oxygen atoms in total. The van der Waals surface area contributed by atoms with Gasteiger partial charge in [0.15, 0.2) is 0 Å². The summed E-state index contributed by atoms with van der Waals surface area (Å²) in [7, 11) is 0. The molecule has 0 radical (unpaired) electrons. The van der Waals surface area contributed by atoms with E-state index in [1.165, 1.54) is 0 Å². The number of halogens is 1. The van der Waals surface area contributed by atoms with Crippen LogP contribution in [0.1, 0.15) is 58.1 Å². The number of piperidine rings is 1. The SMILES string of the molecule is O=C(Nc1cccc(Cl)c1)c1nnc(C(=O)N2CCC[C@@H](C(=O)NC3CCCC3)C2)s1.